The first-order valence-corrected chi connectivity index (χ1v) is 14.0. The van der Waals surface area contributed by atoms with E-state index in [2.05, 4.69) is 35.0 Å². The third-order valence-corrected chi connectivity index (χ3v) is 8.58. The van der Waals surface area contributed by atoms with Gasteiger partial charge in [-0.2, -0.15) is 15.1 Å². The molecule has 2 aliphatic rings. The van der Waals surface area contributed by atoms with Crippen molar-refractivity contribution >= 4 is 36.0 Å². The van der Waals surface area contributed by atoms with Crippen LogP contribution in [0.4, 0.5) is 5.82 Å². The van der Waals surface area contributed by atoms with Gasteiger partial charge in [-0.25, -0.2) is 9.48 Å². The Morgan fingerprint density at radius 2 is 2.00 bits per heavy atom. The third kappa shape index (κ3) is 5.46. The number of ether oxygens (including phenoxy) is 2. The fourth-order valence-corrected chi connectivity index (χ4v) is 5.74. The first kappa shape index (κ1) is 28.1. The van der Waals surface area contributed by atoms with Gasteiger partial charge >= 0.3 is 13.4 Å². The molecule has 0 radical (unpaired) electrons. The van der Waals surface area contributed by atoms with E-state index in [1.807, 2.05) is 0 Å². The van der Waals surface area contributed by atoms with Crippen molar-refractivity contribution in [3.8, 4) is 0 Å². The summed E-state index contributed by atoms with van der Waals surface area (Å²) in [6.45, 7) is -1.86. The average molecular weight is 592 g/mol. The molecular weight excluding hydrogens is 565 g/mol. The molecule has 5 rings (SSSR count). The van der Waals surface area contributed by atoms with Crippen LogP contribution in [-0.2, 0) is 20.5 Å². The Hall–Kier alpha value is -2.47. The Morgan fingerprint density at radius 3 is 2.64 bits per heavy atom. The molecule has 0 amide bonds. The lowest BCUT2D eigenvalue weighted by Gasteiger charge is -2.32. The lowest BCUT2D eigenvalue weighted by molar-refractivity contribution is -0.110. The monoisotopic (exact) mass is 591 g/mol. The molecule has 0 spiro atoms. The zero-order valence-corrected chi connectivity index (χ0v) is 21.9. The summed E-state index contributed by atoms with van der Waals surface area (Å²) >= 11 is 6.16. The number of aromatic amines is 1. The van der Waals surface area contributed by atoms with E-state index in [1.165, 1.54) is 10.9 Å². The highest BCUT2D eigenvalue weighted by Gasteiger charge is 2.52. The molecule has 17 nitrogen and oxygen atoms in total. The summed E-state index contributed by atoms with van der Waals surface area (Å²) in [5.41, 5.74) is 0.225. The number of hydrogen-bond donors (Lipinski definition) is 7. The van der Waals surface area contributed by atoms with Crippen molar-refractivity contribution in [2.75, 3.05) is 18.5 Å². The standard InChI is InChI=1S/C20H27ClN7O10P/c21-18-25-15(23-9-3-1-2-4-9)10-6-22-28(16(10)26-18)17-14(31)13(30)11(37-17)7-36-20(8-29,39(33,34)35)5-12-24-19(32)38-27-12/h6,9,11,13-14,17,29-31H,1-5,7-8H2,(H,23,25,26)(H,24,27,32)(H2,33,34,35)/t11-,13-,14-,17-,20+/m1/s1. The molecule has 0 aromatic carbocycles. The van der Waals surface area contributed by atoms with Gasteiger partial charge in [0.1, 0.15) is 24.1 Å². The Labute approximate surface area is 224 Å². The second kappa shape index (κ2) is 10.8. The summed E-state index contributed by atoms with van der Waals surface area (Å²) in [4.78, 5) is 41.7. The highest BCUT2D eigenvalue weighted by Crippen LogP contribution is 2.53. The quantitative estimate of drug-likeness (QED) is 0.113. The number of aliphatic hydroxyl groups is 3. The van der Waals surface area contributed by atoms with Gasteiger partial charge in [-0.1, -0.05) is 18.0 Å². The minimum atomic E-state index is -5.21. The van der Waals surface area contributed by atoms with E-state index in [9.17, 15) is 34.5 Å². The predicted octanol–water partition coefficient (Wildman–Crippen LogP) is -0.745. The highest BCUT2D eigenvalue weighted by atomic mass is 35.5. The van der Waals surface area contributed by atoms with Gasteiger partial charge in [-0.15, -0.1) is 0 Å². The van der Waals surface area contributed by atoms with E-state index in [-0.39, 0.29) is 22.8 Å². The van der Waals surface area contributed by atoms with Crippen molar-refractivity contribution in [1.82, 2.24) is 29.9 Å². The smallest absolute Gasteiger partial charge is 0.393 e. The molecule has 214 valence electrons. The van der Waals surface area contributed by atoms with Crippen LogP contribution in [0.5, 0.6) is 0 Å². The summed E-state index contributed by atoms with van der Waals surface area (Å²) in [6, 6.07) is 0.218. The Morgan fingerprint density at radius 1 is 1.26 bits per heavy atom. The average Bonchev–Trinajstić information content (AvgIpc) is 3.67. The van der Waals surface area contributed by atoms with Gasteiger partial charge in [0.2, 0.25) is 5.28 Å². The number of rotatable bonds is 10. The summed E-state index contributed by atoms with van der Waals surface area (Å²) < 4.78 is 29.1. The van der Waals surface area contributed by atoms with Gasteiger partial charge in [0.25, 0.3) is 0 Å². The lowest BCUT2D eigenvalue weighted by atomic mass is 10.1. The van der Waals surface area contributed by atoms with Gasteiger partial charge in [-0.3, -0.25) is 14.1 Å². The van der Waals surface area contributed by atoms with Crippen LogP contribution in [0.15, 0.2) is 15.5 Å². The minimum Gasteiger partial charge on any atom is -0.393 e. The molecule has 5 atom stereocenters. The van der Waals surface area contributed by atoms with Gasteiger partial charge in [0, 0.05) is 6.04 Å². The largest absolute Gasteiger partial charge is 0.438 e. The number of halogens is 1. The summed E-state index contributed by atoms with van der Waals surface area (Å²) in [5, 5.41) is 40.1. The van der Waals surface area contributed by atoms with Crippen LogP contribution in [0.3, 0.4) is 0 Å². The fraction of sp³-hybridized carbons (Fsp3) is 0.650. The van der Waals surface area contributed by atoms with Crippen LogP contribution in [0, 0.1) is 0 Å². The topological polar surface area (TPSA) is 251 Å². The van der Waals surface area contributed by atoms with Crippen molar-refractivity contribution in [2.24, 2.45) is 0 Å². The van der Waals surface area contributed by atoms with E-state index in [1.54, 1.807) is 0 Å². The molecule has 4 heterocycles. The van der Waals surface area contributed by atoms with Gasteiger partial charge in [-0.05, 0) is 24.4 Å². The number of H-pyrrole nitrogens is 1. The Bertz CT molecular complexity index is 1420. The van der Waals surface area contributed by atoms with E-state index < -0.39 is 62.9 Å². The maximum atomic E-state index is 12.3. The van der Waals surface area contributed by atoms with Gasteiger partial charge in [0.15, 0.2) is 23.0 Å². The molecule has 39 heavy (non-hydrogen) atoms. The normalized spacial score (nSPS) is 25.9. The summed E-state index contributed by atoms with van der Waals surface area (Å²) in [7, 11) is -5.21. The van der Waals surface area contributed by atoms with E-state index in [0.717, 1.165) is 25.7 Å². The SMILES string of the molecule is O=c1[nH]c(C[C@](CO)(OC[C@H]2O[C@@H](n3ncc4c(NC5CCCC5)nc(Cl)nc43)[C@H](O)[C@@H]2O)P(=O)(O)O)no1. The molecule has 7 N–H and O–H groups in total. The zero-order valence-electron chi connectivity index (χ0n) is 20.3. The van der Waals surface area contributed by atoms with Crippen molar-refractivity contribution in [2.45, 2.75) is 68.0 Å². The first-order valence-electron chi connectivity index (χ1n) is 12.1. The Kier molecular flexibility index (Phi) is 7.80. The number of anilines is 1. The summed E-state index contributed by atoms with van der Waals surface area (Å²) in [5.74, 6) is -0.791. The van der Waals surface area contributed by atoms with Crippen LogP contribution in [0.2, 0.25) is 5.28 Å². The minimum absolute atomic E-state index is 0.0714. The fourth-order valence-electron chi connectivity index (χ4n) is 4.79. The second-order valence-electron chi connectivity index (χ2n) is 9.52. The Balaban J connectivity index is 1.36. The lowest BCUT2D eigenvalue weighted by Crippen LogP contribution is -2.43. The zero-order chi connectivity index (χ0) is 27.9. The molecule has 1 saturated carbocycles. The van der Waals surface area contributed by atoms with Crippen LogP contribution >= 0.6 is 19.2 Å². The van der Waals surface area contributed by atoms with E-state index in [4.69, 9.17) is 21.1 Å². The first-order chi connectivity index (χ1) is 18.5. The molecule has 3 aromatic rings. The molecule has 1 saturated heterocycles. The third-order valence-electron chi connectivity index (χ3n) is 6.92. The van der Waals surface area contributed by atoms with Crippen molar-refractivity contribution in [3.63, 3.8) is 0 Å². The van der Waals surface area contributed by atoms with E-state index in [0.29, 0.717) is 11.2 Å². The molecule has 19 heteroatoms. The van der Waals surface area contributed by atoms with Crippen molar-refractivity contribution < 1.29 is 43.7 Å². The number of aromatic nitrogens is 6. The number of nitrogens with one attached hydrogen (secondary N) is 2. The number of nitrogens with zero attached hydrogens (tertiary/aromatic N) is 5. The van der Waals surface area contributed by atoms with Crippen molar-refractivity contribution in [1.29, 1.82) is 0 Å². The molecule has 0 bridgehead atoms. The second-order valence-corrected chi connectivity index (χ2v) is 11.8. The molecule has 3 aromatic heterocycles. The maximum absolute atomic E-state index is 12.3. The number of hydrogen-bond acceptors (Lipinski definition) is 13. The molecular formula is C20H27ClN7O10P. The number of aliphatic hydroxyl groups excluding tert-OH is 3. The predicted molar refractivity (Wildman–Crippen MR) is 131 cm³/mol. The molecule has 2 fully saturated rings. The van der Waals surface area contributed by atoms with Crippen molar-refractivity contribution in [3.05, 3.63) is 27.9 Å². The molecule has 1 aliphatic carbocycles. The van der Waals surface area contributed by atoms with Crippen LogP contribution < -0.4 is 11.1 Å². The number of fused-ring (bicyclic) bond motifs is 1. The van der Waals surface area contributed by atoms with Crippen LogP contribution in [-0.4, -0.2) is 97.9 Å². The molecule has 1 aliphatic heterocycles. The van der Waals surface area contributed by atoms with Crippen LogP contribution in [0.1, 0.15) is 37.7 Å². The molecule has 0 unspecified atom stereocenters. The van der Waals surface area contributed by atoms with Gasteiger partial charge < -0.3 is 39.9 Å². The van der Waals surface area contributed by atoms with Crippen LogP contribution in [0.25, 0.3) is 11.0 Å². The van der Waals surface area contributed by atoms with E-state index >= 15 is 0 Å². The highest BCUT2D eigenvalue weighted by molar-refractivity contribution is 7.53. The summed E-state index contributed by atoms with van der Waals surface area (Å²) in [6.07, 6.45) is -0.832. The van der Waals surface area contributed by atoms with Gasteiger partial charge in [0.05, 0.1) is 31.2 Å². The maximum Gasteiger partial charge on any atom is 0.438 e.